The molecule has 0 aromatic heterocycles. The molecular formula is C27H40NO2P. The smallest absolute Gasteiger partial charge is 0.321 e. The first-order valence-electron chi connectivity index (χ1n) is 13.3. The first-order valence-corrected chi connectivity index (χ1v) is 14.4. The van der Waals surface area contributed by atoms with Crippen LogP contribution in [0.25, 0.3) is 0 Å². The quantitative estimate of drug-likeness (QED) is 0.421. The minimum Gasteiger partial charge on any atom is -0.435 e. The Morgan fingerprint density at radius 3 is 2.52 bits per heavy atom. The largest absolute Gasteiger partial charge is 0.435 e. The number of hydrogen-bond acceptors (Lipinski definition) is 3. The second-order valence-corrected chi connectivity index (χ2v) is 12.4. The van der Waals surface area contributed by atoms with E-state index in [0.717, 1.165) is 11.8 Å². The molecule has 1 aromatic carbocycles. The van der Waals surface area contributed by atoms with Crippen molar-refractivity contribution in [2.75, 3.05) is 0 Å². The van der Waals surface area contributed by atoms with E-state index in [1.165, 1.54) is 89.2 Å². The third kappa shape index (κ3) is 3.68. The molecule has 1 saturated heterocycles. The lowest BCUT2D eigenvalue weighted by molar-refractivity contribution is 0.0339. The summed E-state index contributed by atoms with van der Waals surface area (Å²) in [6, 6.07) is 5.84. The van der Waals surface area contributed by atoms with Crippen molar-refractivity contribution in [2.45, 2.75) is 121 Å². The number of nitrogens with zero attached hydrogens (tertiary/aromatic N) is 1. The Balaban J connectivity index is 1.44. The zero-order valence-electron chi connectivity index (χ0n) is 19.5. The van der Waals surface area contributed by atoms with Crippen LogP contribution in [0, 0.1) is 11.8 Å². The average molecular weight is 442 g/mol. The fourth-order valence-electron chi connectivity index (χ4n) is 7.75. The summed E-state index contributed by atoms with van der Waals surface area (Å²) in [5, 5.41) is 0. The Kier molecular flexibility index (Phi) is 5.82. The maximum absolute atomic E-state index is 7.09. The molecule has 6 rings (SSSR count). The van der Waals surface area contributed by atoms with E-state index < -0.39 is 8.53 Å². The summed E-state index contributed by atoms with van der Waals surface area (Å²) in [6.07, 6.45) is 17.7. The number of piperidine rings is 1. The van der Waals surface area contributed by atoms with E-state index in [9.17, 15) is 0 Å². The van der Waals surface area contributed by atoms with Gasteiger partial charge in [-0.3, -0.25) is 0 Å². The second-order valence-electron chi connectivity index (χ2n) is 11.1. The molecule has 0 spiro atoms. The molecule has 31 heavy (non-hydrogen) atoms. The Morgan fingerprint density at radius 2 is 1.65 bits per heavy atom. The lowest BCUT2D eigenvalue weighted by atomic mass is 9.61. The van der Waals surface area contributed by atoms with Gasteiger partial charge in [0.05, 0.1) is 6.10 Å². The van der Waals surface area contributed by atoms with Gasteiger partial charge in [0.1, 0.15) is 5.75 Å². The van der Waals surface area contributed by atoms with E-state index in [4.69, 9.17) is 9.05 Å². The normalized spacial score (nSPS) is 40.5. The van der Waals surface area contributed by atoms with Gasteiger partial charge in [-0.15, -0.1) is 0 Å². The van der Waals surface area contributed by atoms with Crippen molar-refractivity contribution >= 4 is 8.53 Å². The van der Waals surface area contributed by atoms with E-state index in [-0.39, 0.29) is 0 Å². The van der Waals surface area contributed by atoms with Gasteiger partial charge in [0, 0.05) is 23.6 Å². The molecule has 4 unspecified atom stereocenters. The van der Waals surface area contributed by atoms with Crippen LogP contribution in [0.15, 0.2) is 12.1 Å². The highest BCUT2D eigenvalue weighted by Crippen LogP contribution is 2.61. The van der Waals surface area contributed by atoms with Crippen molar-refractivity contribution in [3.05, 3.63) is 28.8 Å². The zero-order valence-corrected chi connectivity index (χ0v) is 20.4. The Morgan fingerprint density at radius 1 is 0.839 bits per heavy atom. The molecule has 3 nitrogen and oxygen atoms in total. The predicted molar refractivity (Wildman–Crippen MR) is 128 cm³/mol. The van der Waals surface area contributed by atoms with Crippen LogP contribution < -0.4 is 4.52 Å². The second kappa shape index (κ2) is 8.62. The highest BCUT2D eigenvalue weighted by molar-refractivity contribution is 7.45. The molecule has 4 heteroatoms. The number of benzene rings is 1. The van der Waals surface area contributed by atoms with Crippen LogP contribution in [0.4, 0.5) is 0 Å². The summed E-state index contributed by atoms with van der Waals surface area (Å²) >= 11 is 0. The average Bonchev–Trinajstić information content (AvgIpc) is 2.96. The molecule has 0 bridgehead atoms. The third-order valence-electron chi connectivity index (χ3n) is 9.26. The van der Waals surface area contributed by atoms with E-state index in [1.54, 1.807) is 16.7 Å². The summed E-state index contributed by atoms with van der Waals surface area (Å²) in [7, 11) is -1.03. The van der Waals surface area contributed by atoms with Crippen LogP contribution in [-0.4, -0.2) is 22.9 Å². The molecule has 0 N–H and O–H groups in total. The van der Waals surface area contributed by atoms with Crippen molar-refractivity contribution in [1.29, 1.82) is 0 Å². The van der Waals surface area contributed by atoms with Crippen molar-refractivity contribution in [3.8, 4) is 5.75 Å². The maximum atomic E-state index is 7.09. The zero-order chi connectivity index (χ0) is 20.9. The molecule has 3 fully saturated rings. The fourth-order valence-corrected chi connectivity index (χ4v) is 9.67. The molecule has 3 aliphatic carbocycles. The van der Waals surface area contributed by atoms with Gasteiger partial charge in [-0.05, 0) is 101 Å². The molecule has 0 amide bonds. The third-order valence-corrected chi connectivity index (χ3v) is 11.2. The number of hydrogen-bond donors (Lipinski definition) is 0. The summed E-state index contributed by atoms with van der Waals surface area (Å²) in [5.74, 6) is 3.46. The Labute approximate surface area is 190 Å². The first-order chi connectivity index (χ1) is 15.2. The SMILES string of the molecule is C[C@@H]1CCC[C@H](C)N1P1Oc2ccc3c(c2[C@@H]2C(CCC4CCCCC42)O1)CCCC3. The highest BCUT2D eigenvalue weighted by Gasteiger charge is 2.49. The molecule has 1 aromatic rings. The number of rotatable bonds is 1. The summed E-state index contributed by atoms with van der Waals surface area (Å²) in [6.45, 7) is 4.78. The van der Waals surface area contributed by atoms with Gasteiger partial charge in [0.2, 0.25) is 0 Å². The minimum atomic E-state index is -1.03. The van der Waals surface area contributed by atoms with Crippen LogP contribution in [0.5, 0.6) is 5.75 Å². The maximum Gasteiger partial charge on any atom is 0.321 e. The van der Waals surface area contributed by atoms with E-state index in [1.807, 2.05) is 0 Å². The predicted octanol–water partition coefficient (Wildman–Crippen LogP) is 7.52. The molecule has 170 valence electrons. The lowest BCUT2D eigenvalue weighted by Crippen LogP contribution is -2.43. The van der Waals surface area contributed by atoms with Gasteiger partial charge >= 0.3 is 8.53 Å². The molecule has 0 radical (unpaired) electrons. The van der Waals surface area contributed by atoms with Gasteiger partial charge in [-0.25, -0.2) is 4.67 Å². The van der Waals surface area contributed by atoms with Gasteiger partial charge in [0.25, 0.3) is 0 Å². The number of fused-ring (bicyclic) bond motifs is 7. The topological polar surface area (TPSA) is 21.7 Å². The fraction of sp³-hybridized carbons (Fsp3) is 0.778. The molecular weight excluding hydrogens is 401 g/mol. The van der Waals surface area contributed by atoms with Crippen molar-refractivity contribution in [1.82, 2.24) is 4.67 Å². The van der Waals surface area contributed by atoms with Gasteiger partial charge in [-0.2, -0.15) is 0 Å². The standard InChI is InChI=1S/C27H40NO2P/c1-18-8-7-9-19(2)28(18)31-29-24-16-14-20-10-3-5-12-22(20)26(24)27-23-13-6-4-11-21(23)15-17-25(27)30-31/h14,16,18-19,21,23,25,27H,3-13,15,17H2,1-2H3/t18-,19+,21?,23?,25?,27-,31?/m0/s1. The monoisotopic (exact) mass is 441 g/mol. The minimum absolute atomic E-state index is 0.349. The summed E-state index contributed by atoms with van der Waals surface area (Å²) in [4.78, 5) is 0. The van der Waals surface area contributed by atoms with Crippen LogP contribution in [0.2, 0.25) is 0 Å². The summed E-state index contributed by atoms with van der Waals surface area (Å²) in [5.41, 5.74) is 4.86. The van der Waals surface area contributed by atoms with Crippen LogP contribution in [0.1, 0.15) is 107 Å². The van der Waals surface area contributed by atoms with Gasteiger partial charge < -0.3 is 9.05 Å². The van der Waals surface area contributed by atoms with Crippen molar-refractivity contribution in [3.63, 3.8) is 0 Å². The summed E-state index contributed by atoms with van der Waals surface area (Å²) < 4.78 is 16.7. The van der Waals surface area contributed by atoms with Crippen molar-refractivity contribution in [2.24, 2.45) is 11.8 Å². The molecule has 2 aliphatic heterocycles. The Hall–Kier alpha value is -0.630. The Bertz CT molecular complexity index is 803. The van der Waals surface area contributed by atoms with Crippen molar-refractivity contribution < 1.29 is 9.05 Å². The van der Waals surface area contributed by atoms with E-state index in [0.29, 0.717) is 24.1 Å². The van der Waals surface area contributed by atoms with Crippen LogP contribution in [-0.2, 0) is 17.4 Å². The van der Waals surface area contributed by atoms with Crippen LogP contribution >= 0.6 is 8.53 Å². The molecule has 2 saturated carbocycles. The lowest BCUT2D eigenvalue weighted by Gasteiger charge is -2.46. The van der Waals surface area contributed by atoms with Gasteiger partial charge in [0.15, 0.2) is 0 Å². The first kappa shape index (κ1) is 20.9. The van der Waals surface area contributed by atoms with E-state index in [2.05, 4.69) is 30.7 Å². The molecule has 5 aliphatic rings. The van der Waals surface area contributed by atoms with Gasteiger partial charge in [-0.1, -0.05) is 31.7 Å². The van der Waals surface area contributed by atoms with Crippen LogP contribution in [0.3, 0.4) is 0 Å². The number of aryl methyl sites for hydroxylation is 1. The van der Waals surface area contributed by atoms with E-state index >= 15 is 0 Å². The highest BCUT2D eigenvalue weighted by atomic mass is 31.2. The molecule has 7 atom stereocenters. The molecule has 2 heterocycles.